The van der Waals surface area contributed by atoms with E-state index in [0.717, 1.165) is 31.6 Å². The standard InChI is InChI=1S/C33H42N4O4/c1-32(2)28(40-32)12-18-6-8-22-20(16-34-24(22)10-18)14-25-30(38)36-26(31(39)35-25)15-21-17-37(5)27-11-19(7-9-23(21)27)13-29-33(3,4)41-29/h6-11,20-21,25-26,28-29,34H,12-17H2,1-5H3,(H,35,39)(H,36,38). The zero-order valence-electron chi connectivity index (χ0n) is 24.8. The average molecular weight is 559 g/mol. The summed E-state index contributed by atoms with van der Waals surface area (Å²) < 4.78 is 11.5. The van der Waals surface area contributed by atoms with E-state index in [9.17, 15) is 9.59 Å². The summed E-state index contributed by atoms with van der Waals surface area (Å²) >= 11 is 0. The van der Waals surface area contributed by atoms with Gasteiger partial charge in [-0.1, -0.05) is 24.3 Å². The Morgan fingerprint density at radius 3 is 1.93 bits per heavy atom. The molecule has 0 spiro atoms. The van der Waals surface area contributed by atoms with E-state index in [1.54, 1.807) is 0 Å². The molecular formula is C33H42N4O4. The number of piperazine rings is 1. The lowest BCUT2D eigenvalue weighted by molar-refractivity contribution is -0.137. The number of rotatable bonds is 8. The molecule has 0 bridgehead atoms. The molecular weight excluding hydrogens is 516 g/mol. The van der Waals surface area contributed by atoms with Gasteiger partial charge in [0, 0.05) is 56.2 Å². The average Bonchev–Trinajstić information content (AvgIpc) is 3.56. The number of hydrogen-bond acceptors (Lipinski definition) is 6. The highest BCUT2D eigenvalue weighted by Crippen LogP contribution is 2.43. The second-order valence-electron chi connectivity index (χ2n) is 13.9. The van der Waals surface area contributed by atoms with Gasteiger partial charge in [0.25, 0.3) is 0 Å². The molecule has 8 heteroatoms. The van der Waals surface area contributed by atoms with E-state index in [-0.39, 0.29) is 47.1 Å². The number of epoxide rings is 2. The molecule has 218 valence electrons. The van der Waals surface area contributed by atoms with E-state index in [2.05, 4.69) is 92.0 Å². The molecule has 0 saturated carbocycles. The summed E-state index contributed by atoms with van der Waals surface area (Å²) in [4.78, 5) is 28.7. The predicted molar refractivity (Wildman–Crippen MR) is 159 cm³/mol. The summed E-state index contributed by atoms with van der Waals surface area (Å²) in [6.45, 7) is 10.1. The zero-order chi connectivity index (χ0) is 28.7. The first kappa shape index (κ1) is 26.8. The van der Waals surface area contributed by atoms with Crippen LogP contribution < -0.4 is 20.9 Å². The Hall–Kier alpha value is -3.10. The van der Waals surface area contributed by atoms with E-state index >= 15 is 0 Å². The van der Waals surface area contributed by atoms with Gasteiger partial charge in [-0.25, -0.2) is 0 Å². The minimum Gasteiger partial charge on any atom is -0.384 e. The predicted octanol–water partition coefficient (Wildman–Crippen LogP) is 3.63. The Balaban J connectivity index is 0.960. The fraction of sp³-hybridized carbons (Fsp3) is 0.576. The lowest BCUT2D eigenvalue weighted by atomic mass is 9.89. The molecule has 0 radical (unpaired) electrons. The van der Waals surface area contributed by atoms with Crippen LogP contribution in [0.25, 0.3) is 0 Å². The minimum absolute atomic E-state index is 0.0248. The van der Waals surface area contributed by atoms with Crippen molar-refractivity contribution in [3.63, 3.8) is 0 Å². The molecule has 0 aliphatic carbocycles. The fourth-order valence-corrected chi connectivity index (χ4v) is 7.16. The fourth-order valence-electron chi connectivity index (χ4n) is 7.16. The van der Waals surface area contributed by atoms with E-state index in [1.807, 2.05) is 0 Å². The molecule has 3 saturated heterocycles. The quantitative estimate of drug-likeness (QED) is 0.428. The monoisotopic (exact) mass is 558 g/mol. The number of ether oxygens (including phenoxy) is 2. The molecule has 0 aromatic heterocycles. The Kier molecular flexibility index (Phi) is 6.18. The van der Waals surface area contributed by atoms with Gasteiger partial charge in [0.15, 0.2) is 0 Å². The van der Waals surface area contributed by atoms with Crippen LogP contribution in [0.15, 0.2) is 36.4 Å². The molecule has 5 aliphatic heterocycles. The molecule has 5 heterocycles. The Morgan fingerprint density at radius 1 is 0.805 bits per heavy atom. The molecule has 41 heavy (non-hydrogen) atoms. The van der Waals surface area contributed by atoms with Gasteiger partial charge in [0.05, 0.1) is 23.4 Å². The van der Waals surface area contributed by atoms with Gasteiger partial charge in [-0.3, -0.25) is 9.59 Å². The SMILES string of the molecule is CN1CC(CC2NC(=O)C(CC3CNc4cc(CC5OC5(C)C)ccc43)NC2=O)c2ccc(CC3OC3(C)C)cc21. The van der Waals surface area contributed by atoms with E-state index < -0.39 is 12.1 Å². The topological polar surface area (TPSA) is 98.5 Å². The Morgan fingerprint density at radius 2 is 1.34 bits per heavy atom. The van der Waals surface area contributed by atoms with Crippen molar-refractivity contribution in [2.45, 2.75) is 101 Å². The minimum atomic E-state index is -0.521. The maximum Gasteiger partial charge on any atom is 0.243 e. The van der Waals surface area contributed by atoms with Gasteiger partial charge in [0.2, 0.25) is 11.8 Å². The Bertz CT molecular complexity index is 1400. The molecule has 2 aromatic rings. The highest BCUT2D eigenvalue weighted by molar-refractivity contribution is 5.97. The van der Waals surface area contributed by atoms with Gasteiger partial charge < -0.3 is 30.3 Å². The first-order chi connectivity index (χ1) is 19.5. The van der Waals surface area contributed by atoms with Gasteiger partial charge in [0.1, 0.15) is 12.1 Å². The molecule has 7 rings (SSSR count). The van der Waals surface area contributed by atoms with Crippen molar-refractivity contribution >= 4 is 23.2 Å². The summed E-state index contributed by atoms with van der Waals surface area (Å²) in [5.74, 6) is 0.208. The first-order valence-corrected chi connectivity index (χ1v) is 15.1. The lowest BCUT2D eigenvalue weighted by Gasteiger charge is -2.32. The van der Waals surface area contributed by atoms with Gasteiger partial charge >= 0.3 is 0 Å². The number of likely N-dealkylation sites (N-methyl/N-ethyl adjacent to an activating group) is 1. The normalized spacial score (nSPS) is 32.1. The third kappa shape index (κ3) is 5.10. The van der Waals surface area contributed by atoms with Crippen LogP contribution in [0.5, 0.6) is 0 Å². The van der Waals surface area contributed by atoms with Crippen molar-refractivity contribution in [3.8, 4) is 0 Å². The number of anilines is 2. The van der Waals surface area contributed by atoms with Crippen molar-refractivity contribution in [1.82, 2.24) is 10.6 Å². The molecule has 8 nitrogen and oxygen atoms in total. The molecule has 6 atom stereocenters. The summed E-state index contributed by atoms with van der Waals surface area (Å²) in [5, 5.41) is 9.64. The van der Waals surface area contributed by atoms with Crippen molar-refractivity contribution in [2.24, 2.45) is 0 Å². The summed E-state index contributed by atoms with van der Waals surface area (Å²) in [7, 11) is 2.10. The van der Waals surface area contributed by atoms with Gasteiger partial charge in [-0.2, -0.15) is 0 Å². The van der Waals surface area contributed by atoms with E-state index in [1.165, 1.54) is 27.9 Å². The number of hydrogen-bond donors (Lipinski definition) is 3. The van der Waals surface area contributed by atoms with Crippen LogP contribution in [-0.4, -0.2) is 67.4 Å². The van der Waals surface area contributed by atoms with Crippen LogP contribution in [-0.2, 0) is 31.9 Å². The van der Waals surface area contributed by atoms with E-state index in [0.29, 0.717) is 12.8 Å². The van der Waals surface area contributed by atoms with Crippen LogP contribution in [0.3, 0.4) is 0 Å². The Labute approximate surface area is 242 Å². The van der Waals surface area contributed by atoms with Crippen molar-refractivity contribution in [2.75, 3.05) is 30.4 Å². The molecule has 2 aromatic carbocycles. The number of carbonyl (C=O) groups excluding carboxylic acids is 2. The number of nitrogens with zero attached hydrogens (tertiary/aromatic N) is 1. The number of benzene rings is 2. The maximum atomic E-state index is 13.2. The van der Waals surface area contributed by atoms with Crippen LogP contribution in [0, 0.1) is 0 Å². The second-order valence-corrected chi connectivity index (χ2v) is 13.9. The zero-order valence-corrected chi connectivity index (χ0v) is 24.8. The first-order valence-electron chi connectivity index (χ1n) is 15.1. The lowest BCUT2D eigenvalue weighted by Crippen LogP contribution is -2.62. The molecule has 6 unspecified atom stereocenters. The van der Waals surface area contributed by atoms with Crippen molar-refractivity contribution in [3.05, 3.63) is 58.7 Å². The van der Waals surface area contributed by atoms with Crippen LogP contribution in [0.1, 0.15) is 74.6 Å². The maximum absolute atomic E-state index is 13.2. The van der Waals surface area contributed by atoms with Crippen LogP contribution in [0.4, 0.5) is 11.4 Å². The highest BCUT2D eigenvalue weighted by Gasteiger charge is 2.48. The second kappa shape index (κ2) is 9.46. The largest absolute Gasteiger partial charge is 0.384 e. The van der Waals surface area contributed by atoms with Gasteiger partial charge in [-0.15, -0.1) is 0 Å². The molecule has 3 fully saturated rings. The summed E-state index contributed by atoms with van der Waals surface area (Å²) in [6.07, 6.45) is 3.55. The highest BCUT2D eigenvalue weighted by atomic mass is 16.6. The number of nitrogens with one attached hydrogen (secondary N) is 3. The summed E-state index contributed by atoms with van der Waals surface area (Å²) in [5.41, 5.74) is 7.30. The third-order valence-corrected chi connectivity index (χ3v) is 10.0. The number of carbonyl (C=O) groups is 2. The molecule has 5 aliphatic rings. The molecule has 2 amide bonds. The van der Waals surface area contributed by atoms with Crippen molar-refractivity contribution in [1.29, 1.82) is 0 Å². The number of fused-ring (bicyclic) bond motifs is 2. The van der Waals surface area contributed by atoms with Crippen LogP contribution in [0.2, 0.25) is 0 Å². The van der Waals surface area contributed by atoms with Crippen molar-refractivity contribution < 1.29 is 19.1 Å². The smallest absolute Gasteiger partial charge is 0.243 e. The van der Waals surface area contributed by atoms with Crippen LogP contribution >= 0.6 is 0 Å². The number of amides is 2. The molecule has 3 N–H and O–H groups in total. The van der Waals surface area contributed by atoms with Gasteiger partial charge in [-0.05, 0) is 74.9 Å². The van der Waals surface area contributed by atoms with E-state index in [4.69, 9.17) is 9.47 Å². The summed E-state index contributed by atoms with van der Waals surface area (Å²) in [6, 6.07) is 12.2. The third-order valence-electron chi connectivity index (χ3n) is 10.0.